The Kier molecular flexibility index (Phi) is 66.8. The second-order valence-corrected chi connectivity index (χ2v) is 9.30. The molecule has 0 bridgehead atoms. The van der Waals surface area contributed by atoms with E-state index >= 15 is 0 Å². The normalized spacial score (nSPS) is 11.2. The molecule has 0 aliphatic carbocycles. The van der Waals surface area contributed by atoms with E-state index < -0.39 is 17.9 Å². The van der Waals surface area contributed by atoms with Crippen molar-refractivity contribution in [1.82, 2.24) is 0 Å². The van der Waals surface area contributed by atoms with Gasteiger partial charge < -0.3 is 29.7 Å². The second-order valence-electron chi connectivity index (χ2n) is 8.23. The molecule has 10 heteroatoms. The quantitative estimate of drug-likeness (QED) is 0.184. The van der Waals surface area contributed by atoms with Crippen LogP contribution in [0.5, 0.6) is 0 Å². The fraction of sp³-hybridized carbons (Fsp3) is 0.893. The van der Waals surface area contributed by atoms with E-state index in [2.05, 4.69) is 20.8 Å². The van der Waals surface area contributed by atoms with Crippen molar-refractivity contribution in [3.63, 3.8) is 0 Å². The molecule has 0 aliphatic heterocycles. The van der Waals surface area contributed by atoms with Gasteiger partial charge in [0.2, 0.25) is 0 Å². The van der Waals surface area contributed by atoms with Gasteiger partial charge in [-0.2, -0.15) is 0 Å². The molecule has 0 rings (SSSR count). The number of carbonyl (C=O) groups is 3. The molecular weight excluding hydrogens is 589 g/mol. The number of alkyl halides is 2. The first-order valence-corrected chi connectivity index (χ1v) is 14.8. The average Bonchev–Trinajstić information content (AvgIpc) is 2.82. The molecule has 0 aliphatic rings. The smallest absolute Gasteiger partial charge is 0.550 e. The molecule has 0 saturated carbocycles. The third kappa shape index (κ3) is 49.0. The van der Waals surface area contributed by atoms with Crippen molar-refractivity contribution in [2.45, 2.75) is 132 Å². The summed E-state index contributed by atoms with van der Waals surface area (Å²) in [4.78, 5) is 31.0. The topological polar surface area (TPSA) is 120 Å². The van der Waals surface area contributed by atoms with E-state index in [4.69, 9.17) is 23.2 Å². The van der Waals surface area contributed by atoms with E-state index in [-0.39, 0.29) is 51.9 Å². The molecule has 0 spiro atoms. The number of carboxylic acid groups (broad SMARTS) is 3. The third-order valence-electron chi connectivity index (χ3n) is 5.20. The Morgan fingerprint density at radius 1 is 0.526 bits per heavy atom. The molecule has 0 fully saturated rings. The van der Waals surface area contributed by atoms with Crippen LogP contribution in [0, 0.1) is 17.8 Å². The van der Waals surface area contributed by atoms with Crippen LogP contribution in [-0.4, -0.2) is 47.0 Å². The molecule has 6 nitrogen and oxygen atoms in total. The number of unbranched alkanes of at least 4 members (excludes halogenated alkanes) is 3. The average molecular weight is 645 g/mol. The van der Waals surface area contributed by atoms with Crippen molar-refractivity contribution in [3.8, 4) is 0 Å². The maximum Gasteiger partial charge on any atom is 3.00 e. The van der Waals surface area contributed by atoms with Crippen LogP contribution < -0.4 is 15.3 Å². The van der Waals surface area contributed by atoms with Crippen molar-refractivity contribution in [3.05, 3.63) is 0 Å². The van der Waals surface area contributed by atoms with Gasteiger partial charge in [-0.05, 0) is 56.3 Å². The first-order chi connectivity index (χ1) is 17.0. The molecule has 0 N–H and O–H groups in total. The van der Waals surface area contributed by atoms with E-state index in [1.165, 1.54) is 0 Å². The van der Waals surface area contributed by atoms with Gasteiger partial charge in [-0.15, -0.1) is 23.2 Å². The number of halogens is 2. The predicted octanol–water partition coefficient (Wildman–Crippen LogP) is 4.97. The summed E-state index contributed by atoms with van der Waals surface area (Å²) >= 11 is 10.00. The first kappa shape index (κ1) is 54.2. The van der Waals surface area contributed by atoms with Gasteiger partial charge >= 0.3 is 17.4 Å². The fourth-order valence-electron chi connectivity index (χ4n) is 2.82. The van der Waals surface area contributed by atoms with Gasteiger partial charge in [0.15, 0.2) is 0 Å². The second kappa shape index (κ2) is 46.9. The SMILES string of the molecule is CCCCC(CC)C(=O)[O-].CCCCC(CC)C(=O)[O-].CCCCC(CC)C(=O)[O-].CCCl.CCCl.[Al+3].[Co]. The number of rotatable bonds is 15. The van der Waals surface area contributed by atoms with Crippen molar-refractivity contribution in [1.29, 1.82) is 0 Å². The largest absolute Gasteiger partial charge is 3.00 e. The van der Waals surface area contributed by atoms with Crippen LogP contribution in [0.3, 0.4) is 0 Å². The number of carboxylic acids is 3. The van der Waals surface area contributed by atoms with Gasteiger partial charge in [0, 0.05) is 46.4 Å². The van der Waals surface area contributed by atoms with Crippen LogP contribution in [0.1, 0.15) is 132 Å². The minimum absolute atomic E-state index is 0. The Hall–Kier alpha value is 0.0290. The molecule has 229 valence electrons. The maximum absolute atomic E-state index is 10.3. The van der Waals surface area contributed by atoms with E-state index in [1.807, 2.05) is 34.6 Å². The molecule has 0 amide bonds. The molecule has 3 unspecified atom stereocenters. The fourth-order valence-corrected chi connectivity index (χ4v) is 2.82. The number of hydrogen-bond donors (Lipinski definition) is 0. The third-order valence-corrected chi connectivity index (χ3v) is 5.20. The van der Waals surface area contributed by atoms with Crippen molar-refractivity contribution in [2.24, 2.45) is 17.8 Å². The van der Waals surface area contributed by atoms with Crippen LogP contribution in [0.15, 0.2) is 0 Å². The molecule has 0 saturated heterocycles. The summed E-state index contributed by atoms with van der Waals surface area (Å²) in [7, 11) is 0. The van der Waals surface area contributed by atoms with E-state index in [1.54, 1.807) is 0 Å². The van der Waals surface area contributed by atoms with Gasteiger partial charge in [-0.3, -0.25) is 0 Å². The Bertz CT molecular complexity index is 411. The Labute approximate surface area is 265 Å². The molecule has 0 heterocycles. The molecule has 0 aromatic heterocycles. The van der Waals surface area contributed by atoms with E-state index in [9.17, 15) is 29.7 Å². The standard InChI is InChI=1S/3C8H16O2.2C2H5Cl.Al.Co/c3*1-3-5-6-7(4-2)8(9)10;2*1-2-3;;/h3*7H,3-6H2,1-2H3,(H,9,10);2*2H2,1H3;;/q;;;;;+3;/p-3. The van der Waals surface area contributed by atoms with E-state index in [0.29, 0.717) is 19.3 Å². The van der Waals surface area contributed by atoms with Gasteiger partial charge in [0.05, 0.1) is 0 Å². The van der Waals surface area contributed by atoms with Crippen LogP contribution in [0.25, 0.3) is 0 Å². The minimum atomic E-state index is -0.893. The van der Waals surface area contributed by atoms with Crippen molar-refractivity contribution in [2.75, 3.05) is 11.8 Å². The van der Waals surface area contributed by atoms with Gasteiger partial charge in [0.25, 0.3) is 0 Å². The summed E-state index contributed by atoms with van der Waals surface area (Å²) in [5.74, 6) is -1.90. The zero-order chi connectivity index (χ0) is 29.4. The molecule has 1 radical (unpaired) electrons. The summed E-state index contributed by atoms with van der Waals surface area (Å²) < 4.78 is 0. The Balaban J connectivity index is -0.0000000669. The first-order valence-electron chi connectivity index (χ1n) is 13.7. The minimum Gasteiger partial charge on any atom is -0.550 e. The molecule has 0 aromatic rings. The molecule has 0 aromatic carbocycles. The molecule has 38 heavy (non-hydrogen) atoms. The van der Waals surface area contributed by atoms with E-state index in [0.717, 1.165) is 69.5 Å². The summed E-state index contributed by atoms with van der Waals surface area (Å²) in [6.07, 6.45) is 10.6. The van der Waals surface area contributed by atoms with Crippen LogP contribution in [0.4, 0.5) is 0 Å². The predicted molar refractivity (Wildman–Crippen MR) is 153 cm³/mol. The number of aliphatic carboxylic acids is 3. The van der Waals surface area contributed by atoms with Crippen molar-refractivity contribution < 1.29 is 46.5 Å². The van der Waals surface area contributed by atoms with Gasteiger partial charge in [-0.25, -0.2) is 0 Å². The monoisotopic (exact) mass is 643 g/mol. The number of hydrogen-bond acceptors (Lipinski definition) is 6. The maximum atomic E-state index is 10.3. The summed E-state index contributed by atoms with van der Waals surface area (Å²) in [6, 6.07) is 0. The molecule has 3 atom stereocenters. The van der Waals surface area contributed by atoms with Gasteiger partial charge in [0.1, 0.15) is 0 Å². The van der Waals surface area contributed by atoms with Crippen LogP contribution in [-0.2, 0) is 31.2 Å². The van der Waals surface area contributed by atoms with Crippen LogP contribution >= 0.6 is 23.2 Å². The summed E-state index contributed by atoms with van der Waals surface area (Å²) in [5, 5.41) is 31.0. The summed E-state index contributed by atoms with van der Waals surface area (Å²) in [6.45, 7) is 15.6. The zero-order valence-electron chi connectivity index (χ0n) is 25.2. The van der Waals surface area contributed by atoms with Crippen LogP contribution in [0.2, 0.25) is 0 Å². The zero-order valence-corrected chi connectivity index (χ0v) is 29.0. The Morgan fingerprint density at radius 3 is 0.763 bits per heavy atom. The van der Waals surface area contributed by atoms with Gasteiger partial charge in [-0.1, -0.05) is 93.9 Å². The Morgan fingerprint density at radius 2 is 0.684 bits per heavy atom. The molecular formula is C28H55AlCl2CoO6. The van der Waals surface area contributed by atoms with Crippen molar-refractivity contribution >= 4 is 58.5 Å². The summed E-state index contributed by atoms with van der Waals surface area (Å²) in [5.41, 5.74) is 0. The number of carbonyl (C=O) groups excluding carboxylic acids is 3.